The number of carboxylic acids is 1. The maximum absolute atomic E-state index is 11.4. The van der Waals surface area contributed by atoms with Crippen molar-refractivity contribution in [2.75, 3.05) is 13.2 Å². The van der Waals surface area contributed by atoms with Gasteiger partial charge in [0.05, 0.1) is 13.0 Å². The van der Waals surface area contributed by atoms with Gasteiger partial charge in [-0.25, -0.2) is 0 Å². The van der Waals surface area contributed by atoms with Gasteiger partial charge in [-0.15, -0.1) is 0 Å². The third-order valence-electron chi connectivity index (χ3n) is 2.20. The van der Waals surface area contributed by atoms with Gasteiger partial charge >= 0.3 is 5.97 Å². The first-order chi connectivity index (χ1) is 6.20. The molecule has 0 saturated carbocycles. The number of carbonyl (C=O) groups excluding carboxylic acids is 1. The Balaban J connectivity index is 2.25. The quantitative estimate of drug-likeness (QED) is 0.706. The smallest absolute Gasteiger partial charge is 0.303 e. The molecule has 4 nitrogen and oxygen atoms in total. The highest BCUT2D eigenvalue weighted by atomic mass is 16.5. The molecule has 74 valence electrons. The Kier molecular flexibility index (Phi) is 3.89. The van der Waals surface area contributed by atoms with Gasteiger partial charge in [-0.3, -0.25) is 9.59 Å². The summed E-state index contributed by atoms with van der Waals surface area (Å²) in [5.74, 6) is -0.944. The summed E-state index contributed by atoms with van der Waals surface area (Å²) in [7, 11) is 0. The number of ketones is 1. The van der Waals surface area contributed by atoms with Crippen molar-refractivity contribution in [1.29, 1.82) is 0 Å². The van der Waals surface area contributed by atoms with E-state index in [1.165, 1.54) is 0 Å². The van der Waals surface area contributed by atoms with Gasteiger partial charge in [-0.2, -0.15) is 0 Å². The van der Waals surface area contributed by atoms with Crippen LogP contribution >= 0.6 is 0 Å². The number of rotatable bonds is 4. The first-order valence-electron chi connectivity index (χ1n) is 4.52. The number of hydrogen-bond acceptors (Lipinski definition) is 3. The molecule has 1 aliphatic rings. The van der Waals surface area contributed by atoms with Gasteiger partial charge in [-0.05, 0) is 12.8 Å². The molecule has 1 N–H and O–H groups in total. The molecule has 1 rings (SSSR count). The summed E-state index contributed by atoms with van der Waals surface area (Å²) in [5, 5.41) is 8.38. The number of ether oxygens (including phenoxy) is 1. The maximum atomic E-state index is 11.4. The number of aliphatic carboxylic acids is 1. The zero-order chi connectivity index (χ0) is 9.68. The standard InChI is InChI=1S/C9H14O4/c10-8(3-4-9(11)12)7-2-1-5-13-6-7/h7H,1-6H2,(H,11,12). The molecule has 0 aliphatic carbocycles. The molecule has 0 aromatic rings. The minimum Gasteiger partial charge on any atom is -0.481 e. The SMILES string of the molecule is O=C(O)CCC(=O)C1CCCOC1. The Hall–Kier alpha value is -0.900. The molecule has 1 atom stereocenters. The second-order valence-corrected chi connectivity index (χ2v) is 3.27. The molecule has 0 radical (unpaired) electrons. The van der Waals surface area contributed by atoms with Crippen LogP contribution in [0.1, 0.15) is 25.7 Å². The zero-order valence-corrected chi connectivity index (χ0v) is 7.49. The van der Waals surface area contributed by atoms with Gasteiger partial charge in [0.1, 0.15) is 5.78 Å². The molecule has 1 fully saturated rings. The van der Waals surface area contributed by atoms with Crippen molar-refractivity contribution in [3.8, 4) is 0 Å². The van der Waals surface area contributed by atoms with Crippen LogP contribution in [0.3, 0.4) is 0 Å². The third kappa shape index (κ3) is 3.55. The molecule has 0 spiro atoms. The first-order valence-corrected chi connectivity index (χ1v) is 4.52. The molecule has 0 aromatic carbocycles. The van der Waals surface area contributed by atoms with Crippen LogP contribution in [0.2, 0.25) is 0 Å². The third-order valence-corrected chi connectivity index (χ3v) is 2.20. The Bertz CT molecular complexity index is 194. The second kappa shape index (κ2) is 4.97. The molecular weight excluding hydrogens is 172 g/mol. The van der Waals surface area contributed by atoms with E-state index in [1.807, 2.05) is 0 Å². The van der Waals surface area contributed by atoms with Crippen LogP contribution in [0.25, 0.3) is 0 Å². The van der Waals surface area contributed by atoms with Gasteiger partial charge in [0, 0.05) is 18.9 Å². The highest BCUT2D eigenvalue weighted by Crippen LogP contribution is 2.16. The van der Waals surface area contributed by atoms with E-state index in [2.05, 4.69) is 0 Å². The Morgan fingerprint density at radius 2 is 2.15 bits per heavy atom. The van der Waals surface area contributed by atoms with Crippen LogP contribution in [-0.4, -0.2) is 30.1 Å². The monoisotopic (exact) mass is 186 g/mol. The van der Waals surface area contributed by atoms with Gasteiger partial charge in [0.25, 0.3) is 0 Å². The van der Waals surface area contributed by atoms with Crippen molar-refractivity contribution in [3.63, 3.8) is 0 Å². The summed E-state index contributed by atoms with van der Waals surface area (Å²) < 4.78 is 5.14. The van der Waals surface area contributed by atoms with Crippen LogP contribution in [0.15, 0.2) is 0 Å². The van der Waals surface area contributed by atoms with Gasteiger partial charge < -0.3 is 9.84 Å². The lowest BCUT2D eigenvalue weighted by molar-refractivity contribution is -0.139. The Labute approximate surface area is 76.9 Å². The number of Topliss-reactive ketones (excluding diaryl/α,β-unsaturated/α-hetero) is 1. The lowest BCUT2D eigenvalue weighted by Gasteiger charge is -2.20. The number of carbonyl (C=O) groups is 2. The van der Waals surface area contributed by atoms with Crippen molar-refractivity contribution < 1.29 is 19.4 Å². The van der Waals surface area contributed by atoms with Crippen molar-refractivity contribution in [2.24, 2.45) is 5.92 Å². The molecule has 1 heterocycles. The van der Waals surface area contributed by atoms with Crippen molar-refractivity contribution in [1.82, 2.24) is 0 Å². The summed E-state index contributed by atoms with van der Waals surface area (Å²) in [6.45, 7) is 1.20. The van der Waals surface area contributed by atoms with Crippen LogP contribution in [0, 0.1) is 5.92 Å². The van der Waals surface area contributed by atoms with Crippen molar-refractivity contribution in [2.45, 2.75) is 25.7 Å². The van der Waals surface area contributed by atoms with E-state index in [-0.39, 0.29) is 24.5 Å². The number of carboxylic acid groups (broad SMARTS) is 1. The summed E-state index contributed by atoms with van der Waals surface area (Å²) in [6, 6.07) is 0. The van der Waals surface area contributed by atoms with Crippen LogP contribution in [-0.2, 0) is 14.3 Å². The lowest BCUT2D eigenvalue weighted by Crippen LogP contribution is -2.25. The molecule has 0 aromatic heterocycles. The van der Waals surface area contributed by atoms with E-state index in [4.69, 9.17) is 9.84 Å². The van der Waals surface area contributed by atoms with Crippen molar-refractivity contribution in [3.05, 3.63) is 0 Å². The predicted molar refractivity (Wildman–Crippen MR) is 45.4 cm³/mol. The van der Waals surface area contributed by atoms with E-state index in [0.717, 1.165) is 19.4 Å². The Morgan fingerprint density at radius 3 is 2.69 bits per heavy atom. The fraction of sp³-hybridized carbons (Fsp3) is 0.778. The van der Waals surface area contributed by atoms with E-state index < -0.39 is 5.97 Å². The molecular formula is C9H14O4. The fourth-order valence-electron chi connectivity index (χ4n) is 1.43. The van der Waals surface area contributed by atoms with Gasteiger partial charge in [-0.1, -0.05) is 0 Å². The summed E-state index contributed by atoms with van der Waals surface area (Å²) in [6.07, 6.45) is 1.83. The first kappa shape index (κ1) is 10.2. The highest BCUT2D eigenvalue weighted by molar-refractivity contribution is 5.84. The fourth-order valence-corrected chi connectivity index (χ4v) is 1.43. The topological polar surface area (TPSA) is 63.6 Å². The van der Waals surface area contributed by atoms with Crippen LogP contribution in [0.5, 0.6) is 0 Å². The molecule has 1 aliphatic heterocycles. The minimum absolute atomic E-state index is 0.0297. The van der Waals surface area contributed by atoms with Gasteiger partial charge in [0.2, 0.25) is 0 Å². The highest BCUT2D eigenvalue weighted by Gasteiger charge is 2.21. The predicted octanol–water partition coefficient (Wildman–Crippen LogP) is 0.847. The summed E-state index contributed by atoms with van der Waals surface area (Å²) >= 11 is 0. The largest absolute Gasteiger partial charge is 0.481 e. The minimum atomic E-state index is -0.912. The second-order valence-electron chi connectivity index (χ2n) is 3.27. The molecule has 1 saturated heterocycles. The normalized spacial score (nSPS) is 22.6. The van der Waals surface area contributed by atoms with E-state index >= 15 is 0 Å². The summed E-state index contributed by atoms with van der Waals surface area (Å²) in [5.41, 5.74) is 0. The summed E-state index contributed by atoms with van der Waals surface area (Å²) in [4.78, 5) is 21.6. The molecule has 0 amide bonds. The zero-order valence-electron chi connectivity index (χ0n) is 7.49. The average Bonchev–Trinajstić information content (AvgIpc) is 2.15. The van der Waals surface area contributed by atoms with Crippen LogP contribution in [0.4, 0.5) is 0 Å². The molecule has 13 heavy (non-hydrogen) atoms. The number of hydrogen-bond donors (Lipinski definition) is 1. The molecule has 4 heteroatoms. The lowest BCUT2D eigenvalue weighted by atomic mass is 9.95. The molecule has 0 bridgehead atoms. The van der Waals surface area contributed by atoms with E-state index in [0.29, 0.717) is 6.61 Å². The Morgan fingerprint density at radius 1 is 1.38 bits per heavy atom. The molecule has 1 unspecified atom stereocenters. The average molecular weight is 186 g/mol. The van der Waals surface area contributed by atoms with E-state index in [1.54, 1.807) is 0 Å². The van der Waals surface area contributed by atoms with Crippen LogP contribution < -0.4 is 0 Å². The van der Waals surface area contributed by atoms with Crippen molar-refractivity contribution >= 4 is 11.8 Å². The maximum Gasteiger partial charge on any atom is 0.303 e. The van der Waals surface area contributed by atoms with E-state index in [9.17, 15) is 9.59 Å². The van der Waals surface area contributed by atoms with Gasteiger partial charge in [0.15, 0.2) is 0 Å².